The minimum absolute atomic E-state index is 0.581. The van der Waals surface area contributed by atoms with Gasteiger partial charge in [-0.05, 0) is 69.2 Å². The smallest absolute Gasteiger partial charge is 0.164 e. The van der Waals surface area contributed by atoms with Crippen molar-refractivity contribution in [1.29, 1.82) is 0 Å². The van der Waals surface area contributed by atoms with Crippen LogP contribution in [-0.4, -0.2) is 19.5 Å². The quantitative estimate of drug-likeness (QED) is 0.167. The molecule has 0 atom stereocenters. The minimum Gasteiger partial charge on any atom is -0.456 e. The summed E-state index contributed by atoms with van der Waals surface area (Å²) >= 11 is 1.79. The largest absolute Gasteiger partial charge is 0.456 e. The second kappa shape index (κ2) is 15.7. The summed E-state index contributed by atoms with van der Waals surface area (Å²) in [5.74, 6) is 1.82. The van der Waals surface area contributed by atoms with Gasteiger partial charge in [0, 0.05) is 75.4 Å². The molecule has 15 rings (SSSR count). The van der Waals surface area contributed by atoms with Crippen LogP contribution < -0.4 is 0 Å². The molecule has 71 heavy (non-hydrogen) atoms. The second-order valence-electron chi connectivity index (χ2n) is 18.3. The lowest BCUT2D eigenvalue weighted by Crippen LogP contribution is -2.00. The van der Waals surface area contributed by atoms with Crippen molar-refractivity contribution in [3.8, 4) is 62.1 Å². The first-order chi connectivity index (χ1) is 35.2. The number of furan rings is 1. The summed E-state index contributed by atoms with van der Waals surface area (Å²) in [6.45, 7) is 0. The van der Waals surface area contributed by atoms with E-state index in [0.717, 1.165) is 77.4 Å². The van der Waals surface area contributed by atoms with Crippen LogP contribution in [0.25, 0.3) is 148 Å². The lowest BCUT2D eigenvalue weighted by molar-refractivity contribution is 0.668. The summed E-state index contributed by atoms with van der Waals surface area (Å²) in [7, 11) is 0. The average Bonchev–Trinajstić information content (AvgIpc) is 4.12. The first kappa shape index (κ1) is 39.7. The van der Waals surface area contributed by atoms with Crippen LogP contribution >= 0.6 is 11.3 Å². The summed E-state index contributed by atoms with van der Waals surface area (Å²) in [5, 5.41) is 11.4. The zero-order valence-electron chi connectivity index (χ0n) is 38.0. The maximum absolute atomic E-state index is 7.05. The van der Waals surface area contributed by atoms with Crippen LogP contribution in [0.1, 0.15) is 0 Å². The molecule has 0 radical (unpaired) electrons. The summed E-state index contributed by atoms with van der Waals surface area (Å²) in [4.78, 5) is 15.9. The van der Waals surface area contributed by atoms with Gasteiger partial charge in [-0.3, -0.25) is 0 Å². The summed E-state index contributed by atoms with van der Waals surface area (Å²) in [6, 6.07) is 82.3. The number of hydrogen-bond acceptors (Lipinski definition) is 5. The molecule has 0 amide bonds. The van der Waals surface area contributed by atoms with E-state index in [4.69, 9.17) is 19.4 Å². The fraction of sp³-hybridized carbons (Fsp3) is 0. The fourth-order valence-electron chi connectivity index (χ4n) is 10.9. The van der Waals surface area contributed by atoms with Crippen LogP contribution in [0.2, 0.25) is 0 Å². The Labute approximate surface area is 411 Å². The van der Waals surface area contributed by atoms with Gasteiger partial charge >= 0.3 is 0 Å². The topological polar surface area (TPSA) is 56.7 Å². The lowest BCUT2D eigenvalue weighted by Gasteiger charge is -2.16. The van der Waals surface area contributed by atoms with Gasteiger partial charge < -0.3 is 8.98 Å². The maximum atomic E-state index is 7.05. The molecule has 0 saturated heterocycles. The Balaban J connectivity index is 1.02. The molecule has 0 aliphatic heterocycles. The Morgan fingerprint density at radius 3 is 1.73 bits per heavy atom. The Morgan fingerprint density at radius 2 is 0.944 bits per heavy atom. The highest BCUT2D eigenvalue weighted by Crippen LogP contribution is 2.46. The lowest BCUT2D eigenvalue weighted by atomic mass is 9.96. The predicted octanol–water partition coefficient (Wildman–Crippen LogP) is 17.9. The zero-order valence-corrected chi connectivity index (χ0v) is 38.9. The summed E-state index contributed by atoms with van der Waals surface area (Å²) in [6.07, 6.45) is 0. The molecule has 0 fully saturated rings. The van der Waals surface area contributed by atoms with E-state index in [9.17, 15) is 0 Å². The molecule has 4 aromatic heterocycles. The first-order valence-electron chi connectivity index (χ1n) is 23.9. The van der Waals surface area contributed by atoms with Crippen LogP contribution in [0.5, 0.6) is 0 Å². The highest BCUT2D eigenvalue weighted by molar-refractivity contribution is 7.25. The molecule has 4 heterocycles. The number of rotatable bonds is 6. The Bertz CT molecular complexity index is 4630. The van der Waals surface area contributed by atoms with Crippen LogP contribution in [0, 0.1) is 0 Å². The van der Waals surface area contributed by atoms with Crippen LogP contribution in [0.4, 0.5) is 0 Å². The van der Waals surface area contributed by atoms with E-state index in [2.05, 4.69) is 211 Å². The molecular formula is C65H38N4OS. The van der Waals surface area contributed by atoms with Crippen molar-refractivity contribution in [3.05, 3.63) is 231 Å². The Morgan fingerprint density at radius 1 is 0.338 bits per heavy atom. The summed E-state index contributed by atoms with van der Waals surface area (Å²) in [5.41, 5.74) is 12.1. The molecular weight excluding hydrogens is 885 g/mol. The maximum Gasteiger partial charge on any atom is 0.164 e. The van der Waals surface area contributed by atoms with Crippen molar-refractivity contribution in [2.75, 3.05) is 0 Å². The van der Waals surface area contributed by atoms with Crippen LogP contribution in [-0.2, 0) is 0 Å². The third-order valence-corrected chi connectivity index (χ3v) is 15.4. The van der Waals surface area contributed by atoms with E-state index in [-0.39, 0.29) is 0 Å². The van der Waals surface area contributed by atoms with E-state index < -0.39 is 0 Å². The van der Waals surface area contributed by atoms with Crippen LogP contribution in [0.15, 0.2) is 235 Å². The normalized spacial score (nSPS) is 11.9. The average molecular weight is 923 g/mol. The van der Waals surface area contributed by atoms with Crippen molar-refractivity contribution in [1.82, 2.24) is 19.5 Å². The Hall–Kier alpha value is -9.23. The van der Waals surface area contributed by atoms with E-state index >= 15 is 0 Å². The number of nitrogens with zero attached hydrogens (tertiary/aromatic N) is 4. The van der Waals surface area contributed by atoms with Gasteiger partial charge in [0.2, 0.25) is 0 Å². The van der Waals surface area contributed by atoms with Crippen molar-refractivity contribution in [2.45, 2.75) is 0 Å². The van der Waals surface area contributed by atoms with E-state index in [1.807, 2.05) is 24.3 Å². The molecule has 6 heteroatoms. The third kappa shape index (κ3) is 6.28. The number of benzene rings is 11. The number of hydrogen-bond donors (Lipinski definition) is 0. The fourth-order valence-corrected chi connectivity index (χ4v) is 12.1. The molecule has 15 aromatic rings. The van der Waals surface area contributed by atoms with E-state index in [1.54, 1.807) is 11.3 Å². The van der Waals surface area contributed by atoms with Crippen molar-refractivity contribution >= 4 is 96.8 Å². The van der Waals surface area contributed by atoms with Gasteiger partial charge in [0.1, 0.15) is 11.2 Å². The van der Waals surface area contributed by atoms with Gasteiger partial charge in [0.15, 0.2) is 17.5 Å². The minimum atomic E-state index is 0.581. The highest BCUT2D eigenvalue weighted by Gasteiger charge is 2.24. The monoisotopic (exact) mass is 922 g/mol. The van der Waals surface area contributed by atoms with Gasteiger partial charge in [-0.15, -0.1) is 11.3 Å². The number of thiophene rings is 1. The van der Waals surface area contributed by atoms with Crippen LogP contribution in [0.3, 0.4) is 0 Å². The van der Waals surface area contributed by atoms with Crippen molar-refractivity contribution in [3.63, 3.8) is 0 Å². The van der Waals surface area contributed by atoms with Crippen molar-refractivity contribution in [2.24, 2.45) is 0 Å². The summed E-state index contributed by atoms with van der Waals surface area (Å²) < 4.78 is 11.9. The second-order valence-corrected chi connectivity index (χ2v) is 19.4. The standard InChI is InChI=1S/C65H38N4OS/c1-3-15-39(16-4-1)40-29-31-42(32-30-40)51-37-53-57(38-55(51)69-54-36-45-21-8-7-20-44(45)35-52(54)47-34-33-41-17-9-10-22-46(41)62(47)69)70-56-26-13-24-49(60(53)56)64-66-63(43-18-5-2-6-19-43)67-65(68-64)50-25-14-28-59-61(50)48-23-11-12-27-58(48)71-59/h1-38H. The zero-order chi connectivity index (χ0) is 46.6. The van der Waals surface area contributed by atoms with E-state index in [0.29, 0.717) is 17.5 Å². The van der Waals surface area contributed by atoms with Gasteiger partial charge in [-0.1, -0.05) is 188 Å². The van der Waals surface area contributed by atoms with Gasteiger partial charge in [-0.2, -0.15) is 0 Å². The first-order valence-corrected chi connectivity index (χ1v) is 24.7. The molecule has 0 saturated carbocycles. The van der Waals surface area contributed by atoms with E-state index in [1.165, 1.54) is 52.7 Å². The molecule has 0 unspecified atom stereocenters. The number of fused-ring (bicyclic) bond motifs is 12. The molecule has 0 aliphatic rings. The Kier molecular flexibility index (Phi) is 8.76. The van der Waals surface area contributed by atoms with Gasteiger partial charge in [-0.25, -0.2) is 15.0 Å². The number of aromatic nitrogens is 4. The molecule has 11 aromatic carbocycles. The third-order valence-electron chi connectivity index (χ3n) is 14.2. The predicted molar refractivity (Wildman–Crippen MR) is 297 cm³/mol. The molecule has 0 bridgehead atoms. The van der Waals surface area contributed by atoms with Crippen molar-refractivity contribution < 1.29 is 4.42 Å². The molecule has 0 N–H and O–H groups in total. The van der Waals surface area contributed by atoms with Gasteiger partial charge in [0.25, 0.3) is 0 Å². The van der Waals surface area contributed by atoms with Gasteiger partial charge in [0.05, 0.1) is 16.7 Å². The molecule has 0 aliphatic carbocycles. The molecule has 0 spiro atoms. The molecule has 330 valence electrons. The highest BCUT2D eigenvalue weighted by atomic mass is 32.1. The SMILES string of the molecule is c1ccc(-c2ccc(-c3cc4c(cc3-n3c5cc6ccccc6cc5c5ccc6ccccc6c53)oc3cccc(-c5nc(-c6ccccc6)nc(-c6cccc7sc8ccccc8c67)n5)c34)cc2)cc1. The molecule has 5 nitrogen and oxygen atoms in total.